The number of halogens is 1. The average Bonchev–Trinajstić information content (AvgIpc) is 2.48. The minimum Gasteiger partial charge on any atom is -0.435 e. The number of hydrogen-bond acceptors (Lipinski definition) is 4. The lowest BCUT2D eigenvalue weighted by atomic mass is 10.1. The largest absolute Gasteiger partial charge is 0.435 e. The molecule has 2 rings (SSSR count). The van der Waals surface area contributed by atoms with Gasteiger partial charge in [0.05, 0.1) is 12.2 Å². The first-order valence-electron chi connectivity index (χ1n) is 6.42. The van der Waals surface area contributed by atoms with Gasteiger partial charge in [0.1, 0.15) is 5.82 Å². The van der Waals surface area contributed by atoms with Gasteiger partial charge in [-0.3, -0.25) is 0 Å². The summed E-state index contributed by atoms with van der Waals surface area (Å²) in [6.07, 6.45) is 0. The maximum atomic E-state index is 13.8. The molecule has 21 heavy (non-hydrogen) atoms. The highest BCUT2D eigenvalue weighted by Gasteiger charge is 2.16. The molecule has 0 amide bonds. The number of nitrogens with two attached hydrogens (primary N) is 1. The summed E-state index contributed by atoms with van der Waals surface area (Å²) in [5.74, 6) is -1.42. The third-order valence-electron chi connectivity index (χ3n) is 2.88. The van der Waals surface area contributed by atoms with Crippen molar-refractivity contribution in [3.63, 3.8) is 0 Å². The number of aryl methyl sites for hydroxylation is 1. The molecule has 0 radical (unpaired) electrons. The van der Waals surface area contributed by atoms with E-state index in [-0.39, 0.29) is 12.4 Å². The van der Waals surface area contributed by atoms with Crippen molar-refractivity contribution < 1.29 is 18.7 Å². The van der Waals surface area contributed by atoms with Crippen LogP contribution in [-0.2, 0) is 16.1 Å². The molecule has 0 aliphatic heterocycles. The third kappa shape index (κ3) is 4.03. The van der Waals surface area contributed by atoms with E-state index in [1.165, 1.54) is 19.1 Å². The van der Waals surface area contributed by atoms with E-state index in [2.05, 4.69) is 0 Å². The molecule has 4 nitrogen and oxygen atoms in total. The molecule has 0 bridgehead atoms. The summed E-state index contributed by atoms with van der Waals surface area (Å²) >= 11 is 0. The quantitative estimate of drug-likeness (QED) is 0.398. The lowest BCUT2D eigenvalue weighted by Gasteiger charge is -2.09. The van der Waals surface area contributed by atoms with Gasteiger partial charge in [-0.1, -0.05) is 30.3 Å². The van der Waals surface area contributed by atoms with E-state index in [1.807, 2.05) is 30.3 Å². The van der Waals surface area contributed by atoms with Crippen LogP contribution in [0.2, 0.25) is 0 Å². The van der Waals surface area contributed by atoms with Crippen LogP contribution >= 0.6 is 0 Å². The van der Waals surface area contributed by atoms with Gasteiger partial charge in [-0.2, -0.15) is 0 Å². The average molecular weight is 289 g/mol. The number of benzene rings is 2. The summed E-state index contributed by atoms with van der Waals surface area (Å²) in [4.78, 5) is 11.8. The summed E-state index contributed by atoms with van der Waals surface area (Å²) in [5.41, 5.74) is 6.97. The Morgan fingerprint density at radius 2 is 1.95 bits per heavy atom. The molecule has 0 heterocycles. The van der Waals surface area contributed by atoms with E-state index in [9.17, 15) is 9.18 Å². The second-order valence-electron chi connectivity index (χ2n) is 4.58. The number of ether oxygens (including phenoxy) is 2. The smallest absolute Gasteiger partial charge is 0.343 e. The van der Waals surface area contributed by atoms with Crippen LogP contribution in [0.15, 0.2) is 42.5 Å². The molecule has 0 spiro atoms. The fourth-order valence-electron chi connectivity index (χ4n) is 1.85. The molecule has 0 unspecified atom stereocenters. The van der Waals surface area contributed by atoms with E-state index < -0.39 is 11.8 Å². The van der Waals surface area contributed by atoms with Crippen LogP contribution in [0, 0.1) is 12.7 Å². The van der Waals surface area contributed by atoms with E-state index in [4.69, 9.17) is 15.2 Å². The van der Waals surface area contributed by atoms with Gasteiger partial charge in [-0.05, 0) is 30.2 Å². The van der Waals surface area contributed by atoms with E-state index >= 15 is 0 Å². The molecule has 2 aromatic carbocycles. The van der Waals surface area contributed by atoms with Crippen LogP contribution in [0.3, 0.4) is 0 Å². The predicted octanol–water partition coefficient (Wildman–Crippen LogP) is 3.05. The van der Waals surface area contributed by atoms with Gasteiger partial charge >= 0.3 is 5.97 Å². The first kappa shape index (κ1) is 15.0. The van der Waals surface area contributed by atoms with Crippen LogP contribution in [0.1, 0.15) is 21.5 Å². The number of esters is 1. The molecule has 0 aromatic heterocycles. The lowest BCUT2D eigenvalue weighted by Crippen LogP contribution is -2.12. The Hall–Kier alpha value is -2.40. The zero-order chi connectivity index (χ0) is 15.2. The number of rotatable bonds is 5. The van der Waals surface area contributed by atoms with Gasteiger partial charge < -0.3 is 15.2 Å². The fraction of sp³-hybridized carbons (Fsp3) is 0.188. The monoisotopic (exact) mass is 289 g/mol. The van der Waals surface area contributed by atoms with Crippen molar-refractivity contribution >= 4 is 11.7 Å². The van der Waals surface area contributed by atoms with E-state index in [1.54, 1.807) is 0 Å². The second kappa shape index (κ2) is 6.85. The fourth-order valence-corrected chi connectivity index (χ4v) is 1.85. The van der Waals surface area contributed by atoms with Crippen LogP contribution in [-0.4, -0.2) is 12.8 Å². The van der Waals surface area contributed by atoms with Crippen molar-refractivity contribution in [2.75, 3.05) is 12.5 Å². The molecule has 110 valence electrons. The Morgan fingerprint density at radius 1 is 1.24 bits per heavy atom. The van der Waals surface area contributed by atoms with Crippen molar-refractivity contribution in [2.24, 2.45) is 0 Å². The normalized spacial score (nSPS) is 10.4. The molecular formula is C16H16FNO3. The van der Waals surface area contributed by atoms with Gasteiger partial charge in [0.15, 0.2) is 6.79 Å². The van der Waals surface area contributed by atoms with Crippen LogP contribution in [0.5, 0.6) is 0 Å². The Morgan fingerprint density at radius 3 is 2.67 bits per heavy atom. The zero-order valence-corrected chi connectivity index (χ0v) is 11.6. The molecule has 0 fully saturated rings. The number of anilines is 1. The van der Waals surface area contributed by atoms with Gasteiger partial charge in [-0.25, -0.2) is 9.18 Å². The molecule has 0 saturated carbocycles. The summed E-state index contributed by atoms with van der Waals surface area (Å²) in [5, 5.41) is 0. The maximum absolute atomic E-state index is 13.8. The van der Waals surface area contributed by atoms with Crippen molar-refractivity contribution in [2.45, 2.75) is 13.5 Å². The molecular weight excluding hydrogens is 273 g/mol. The highest BCUT2D eigenvalue weighted by atomic mass is 19.1. The van der Waals surface area contributed by atoms with Crippen LogP contribution in [0.4, 0.5) is 10.1 Å². The van der Waals surface area contributed by atoms with Crippen LogP contribution < -0.4 is 5.73 Å². The molecule has 5 heteroatoms. The van der Waals surface area contributed by atoms with Crippen molar-refractivity contribution in [3.8, 4) is 0 Å². The summed E-state index contributed by atoms with van der Waals surface area (Å²) in [7, 11) is 0. The van der Waals surface area contributed by atoms with Crippen molar-refractivity contribution in [1.82, 2.24) is 0 Å². The predicted molar refractivity (Wildman–Crippen MR) is 77.1 cm³/mol. The Kier molecular flexibility index (Phi) is 4.90. The molecule has 0 aliphatic rings. The molecule has 0 atom stereocenters. The van der Waals surface area contributed by atoms with E-state index in [0.717, 1.165) is 5.56 Å². The van der Waals surface area contributed by atoms with Gasteiger partial charge in [-0.15, -0.1) is 0 Å². The first-order chi connectivity index (χ1) is 10.1. The summed E-state index contributed by atoms with van der Waals surface area (Å²) in [6.45, 7) is 1.60. The van der Waals surface area contributed by atoms with Crippen molar-refractivity contribution in [3.05, 3.63) is 65.0 Å². The molecule has 0 saturated heterocycles. The van der Waals surface area contributed by atoms with Gasteiger partial charge in [0, 0.05) is 5.69 Å². The standard InChI is InChI=1S/C16H16FNO3/c1-11-7-13(18)8-14(15(11)17)16(19)21-10-20-9-12-5-3-2-4-6-12/h2-8H,9-10,18H2,1H3. The highest BCUT2D eigenvalue weighted by Crippen LogP contribution is 2.18. The maximum Gasteiger partial charge on any atom is 0.343 e. The van der Waals surface area contributed by atoms with E-state index in [0.29, 0.717) is 17.9 Å². The number of nitrogen functional groups attached to an aromatic ring is 1. The van der Waals surface area contributed by atoms with Crippen molar-refractivity contribution in [1.29, 1.82) is 0 Å². The molecule has 2 aromatic rings. The Balaban J connectivity index is 1.88. The topological polar surface area (TPSA) is 61.6 Å². The molecule has 2 N–H and O–H groups in total. The molecule has 0 aliphatic carbocycles. The second-order valence-corrected chi connectivity index (χ2v) is 4.58. The number of hydrogen-bond donors (Lipinski definition) is 1. The minimum absolute atomic E-state index is 0.184. The van der Waals surface area contributed by atoms with Gasteiger partial charge in [0.2, 0.25) is 0 Å². The highest BCUT2D eigenvalue weighted by molar-refractivity contribution is 5.91. The number of carbonyl (C=O) groups excluding carboxylic acids is 1. The van der Waals surface area contributed by atoms with Crippen LogP contribution in [0.25, 0.3) is 0 Å². The summed E-state index contributed by atoms with van der Waals surface area (Å²) in [6, 6.07) is 12.2. The Bertz CT molecular complexity index is 629. The van der Waals surface area contributed by atoms with Gasteiger partial charge in [0.25, 0.3) is 0 Å². The Labute approximate surface area is 122 Å². The lowest BCUT2D eigenvalue weighted by molar-refractivity contribution is -0.0383. The minimum atomic E-state index is -0.795. The number of carbonyl (C=O) groups is 1. The SMILES string of the molecule is Cc1cc(N)cc(C(=O)OCOCc2ccccc2)c1F. The zero-order valence-electron chi connectivity index (χ0n) is 11.6. The summed E-state index contributed by atoms with van der Waals surface area (Å²) < 4.78 is 23.9. The first-order valence-corrected chi connectivity index (χ1v) is 6.42. The third-order valence-corrected chi connectivity index (χ3v) is 2.88.